The highest BCUT2D eigenvalue weighted by Gasteiger charge is 2.34. The van der Waals surface area contributed by atoms with Gasteiger partial charge < -0.3 is 19.0 Å². The molecule has 138 valence electrons. The van der Waals surface area contributed by atoms with E-state index in [0.717, 1.165) is 32.1 Å². The van der Waals surface area contributed by atoms with E-state index in [1.807, 2.05) is 0 Å². The van der Waals surface area contributed by atoms with Gasteiger partial charge in [-0.3, -0.25) is 9.59 Å². The summed E-state index contributed by atoms with van der Waals surface area (Å²) >= 11 is 0. The lowest BCUT2D eigenvalue weighted by molar-refractivity contribution is 0.0548. The number of ether oxygens (including phenoxy) is 1. The van der Waals surface area contributed by atoms with Crippen LogP contribution in [0.4, 0.5) is 0 Å². The van der Waals surface area contributed by atoms with Crippen LogP contribution in [0.1, 0.15) is 72.1 Å². The number of pyridine rings is 1. The number of aryl methyl sites for hydroxylation is 1. The van der Waals surface area contributed by atoms with Crippen LogP contribution >= 0.6 is 0 Å². The number of piperidine rings is 1. The van der Waals surface area contributed by atoms with E-state index >= 15 is 0 Å². The Morgan fingerprint density at radius 3 is 2.81 bits per heavy atom. The van der Waals surface area contributed by atoms with Crippen molar-refractivity contribution in [3.8, 4) is 0 Å². The largest absolute Gasteiger partial charge is 0.420 e. The Morgan fingerprint density at radius 2 is 2.04 bits per heavy atom. The van der Waals surface area contributed by atoms with Gasteiger partial charge in [-0.15, -0.1) is 10.2 Å². The summed E-state index contributed by atoms with van der Waals surface area (Å²) < 4.78 is 11.5. The van der Waals surface area contributed by atoms with E-state index < -0.39 is 0 Å². The molecule has 2 aliphatic rings. The second kappa shape index (κ2) is 7.03. The molecule has 0 aromatic carbocycles. The van der Waals surface area contributed by atoms with Crippen LogP contribution < -0.4 is 5.56 Å². The van der Waals surface area contributed by atoms with E-state index in [1.54, 1.807) is 17.9 Å². The Hall–Kier alpha value is -2.48. The smallest absolute Gasteiger partial charge is 0.256 e. The number of likely N-dealkylation sites (tertiary alicyclic amines) is 1. The molecule has 1 N–H and O–H groups in total. The van der Waals surface area contributed by atoms with Crippen molar-refractivity contribution in [3.63, 3.8) is 0 Å². The number of aromatic amines is 1. The molecule has 2 aromatic heterocycles. The Morgan fingerprint density at radius 1 is 1.19 bits per heavy atom. The van der Waals surface area contributed by atoms with E-state index in [-0.39, 0.29) is 23.6 Å². The fraction of sp³-hybridized carbons (Fsp3) is 0.556. The van der Waals surface area contributed by atoms with Crippen LogP contribution in [0, 0.1) is 6.92 Å². The number of amides is 1. The van der Waals surface area contributed by atoms with Crippen molar-refractivity contribution >= 4 is 5.91 Å². The van der Waals surface area contributed by atoms with Crippen molar-refractivity contribution in [2.75, 3.05) is 13.2 Å². The highest BCUT2D eigenvalue weighted by molar-refractivity contribution is 5.95. The van der Waals surface area contributed by atoms with Crippen LogP contribution in [0.3, 0.4) is 0 Å². The summed E-state index contributed by atoms with van der Waals surface area (Å²) in [5, 5.41) is 8.34. The van der Waals surface area contributed by atoms with Gasteiger partial charge in [0.15, 0.2) is 0 Å². The zero-order valence-electron chi connectivity index (χ0n) is 14.7. The number of hydrogen-bond donors (Lipinski definition) is 1. The predicted molar refractivity (Wildman–Crippen MR) is 91.7 cm³/mol. The average Bonchev–Trinajstić information content (AvgIpc) is 3.33. The maximum atomic E-state index is 13.1. The summed E-state index contributed by atoms with van der Waals surface area (Å²) in [4.78, 5) is 29.0. The van der Waals surface area contributed by atoms with Crippen molar-refractivity contribution in [2.45, 2.75) is 51.2 Å². The Bertz CT molecular complexity index is 853. The molecule has 26 heavy (non-hydrogen) atoms. The summed E-state index contributed by atoms with van der Waals surface area (Å²) in [6, 6.07) is 2.71. The van der Waals surface area contributed by atoms with E-state index in [2.05, 4.69) is 15.2 Å². The van der Waals surface area contributed by atoms with Gasteiger partial charge in [0, 0.05) is 24.9 Å². The first-order valence-electron chi connectivity index (χ1n) is 9.09. The molecule has 4 rings (SSSR count). The molecule has 1 amide bonds. The van der Waals surface area contributed by atoms with Gasteiger partial charge in [0.2, 0.25) is 17.3 Å². The molecule has 0 radical (unpaired) electrons. The first-order chi connectivity index (χ1) is 12.6. The lowest BCUT2D eigenvalue weighted by Gasteiger charge is -2.33. The number of nitrogens with one attached hydrogen (secondary N) is 1. The maximum absolute atomic E-state index is 13.1. The molecular formula is C18H22N4O4. The number of nitrogens with zero attached hydrogens (tertiary/aromatic N) is 3. The number of hydrogen-bond acceptors (Lipinski definition) is 6. The Balaban J connectivity index is 1.60. The van der Waals surface area contributed by atoms with Crippen LogP contribution in [0.15, 0.2) is 21.3 Å². The van der Waals surface area contributed by atoms with Crippen molar-refractivity contribution in [2.24, 2.45) is 0 Å². The summed E-state index contributed by atoms with van der Waals surface area (Å²) in [5.41, 5.74) is 0.847. The van der Waals surface area contributed by atoms with Gasteiger partial charge in [-0.2, -0.15) is 0 Å². The molecule has 4 heterocycles. The van der Waals surface area contributed by atoms with Crippen LogP contribution in [-0.4, -0.2) is 39.1 Å². The first kappa shape index (κ1) is 17.0. The molecule has 1 unspecified atom stereocenters. The number of carbonyl (C=O) groups is 1. The third-order valence-electron chi connectivity index (χ3n) is 5.06. The minimum Gasteiger partial charge on any atom is -0.420 e. The van der Waals surface area contributed by atoms with E-state index in [0.29, 0.717) is 36.2 Å². The van der Waals surface area contributed by atoms with Gasteiger partial charge in [-0.05, 0) is 45.1 Å². The molecule has 8 heteroatoms. The molecule has 2 saturated heterocycles. The average molecular weight is 358 g/mol. The van der Waals surface area contributed by atoms with Crippen molar-refractivity contribution in [3.05, 3.63) is 45.5 Å². The van der Waals surface area contributed by atoms with Gasteiger partial charge in [-0.25, -0.2) is 0 Å². The summed E-state index contributed by atoms with van der Waals surface area (Å²) in [5.74, 6) is 0.835. The third kappa shape index (κ3) is 3.16. The van der Waals surface area contributed by atoms with Crippen LogP contribution in [0.2, 0.25) is 0 Å². The fourth-order valence-corrected chi connectivity index (χ4v) is 3.68. The lowest BCUT2D eigenvalue weighted by Crippen LogP contribution is -2.39. The molecule has 0 saturated carbocycles. The lowest BCUT2D eigenvalue weighted by atomic mass is 10.0. The van der Waals surface area contributed by atoms with Crippen LogP contribution in [0.25, 0.3) is 0 Å². The summed E-state index contributed by atoms with van der Waals surface area (Å²) in [7, 11) is 0. The van der Waals surface area contributed by atoms with Crippen molar-refractivity contribution in [1.82, 2.24) is 20.1 Å². The van der Waals surface area contributed by atoms with Gasteiger partial charge in [0.05, 0.1) is 5.56 Å². The number of aromatic nitrogens is 3. The number of carbonyl (C=O) groups excluding carboxylic acids is 1. The minimum absolute atomic E-state index is 0.125. The quantitative estimate of drug-likeness (QED) is 0.903. The zero-order chi connectivity index (χ0) is 18.1. The molecule has 2 aromatic rings. The topological polar surface area (TPSA) is 101 Å². The third-order valence-corrected chi connectivity index (χ3v) is 5.06. The Labute approximate surface area is 150 Å². The van der Waals surface area contributed by atoms with E-state index in [9.17, 15) is 9.59 Å². The molecule has 2 aliphatic heterocycles. The van der Waals surface area contributed by atoms with Crippen molar-refractivity contribution in [1.29, 1.82) is 0 Å². The second-order valence-corrected chi connectivity index (χ2v) is 6.85. The summed E-state index contributed by atoms with van der Waals surface area (Å²) in [6.45, 7) is 3.07. The molecule has 2 fully saturated rings. The van der Waals surface area contributed by atoms with Gasteiger partial charge in [-0.1, -0.05) is 0 Å². The molecule has 0 spiro atoms. The molecule has 0 bridgehead atoms. The predicted octanol–water partition coefficient (Wildman–Crippen LogP) is 2.29. The minimum atomic E-state index is -0.245. The number of rotatable bonds is 3. The molecule has 8 nitrogen and oxygen atoms in total. The maximum Gasteiger partial charge on any atom is 0.256 e. The molecule has 0 aliphatic carbocycles. The highest BCUT2D eigenvalue weighted by Crippen LogP contribution is 2.34. The molecular weight excluding hydrogens is 336 g/mol. The summed E-state index contributed by atoms with van der Waals surface area (Å²) in [6.07, 6.45) is 4.44. The normalized spacial score (nSPS) is 23.3. The van der Waals surface area contributed by atoms with Crippen molar-refractivity contribution < 1.29 is 13.9 Å². The highest BCUT2D eigenvalue weighted by atomic mass is 16.5. The zero-order valence-corrected chi connectivity index (χ0v) is 14.7. The second-order valence-electron chi connectivity index (χ2n) is 6.85. The van der Waals surface area contributed by atoms with E-state index in [4.69, 9.17) is 9.15 Å². The molecule has 2 atom stereocenters. The monoisotopic (exact) mass is 358 g/mol. The van der Waals surface area contributed by atoms with Gasteiger partial charge >= 0.3 is 0 Å². The first-order valence-corrected chi connectivity index (χ1v) is 9.09. The van der Waals surface area contributed by atoms with Gasteiger partial charge in [0.25, 0.3) is 5.91 Å². The Kier molecular flexibility index (Phi) is 4.58. The van der Waals surface area contributed by atoms with Crippen LogP contribution in [-0.2, 0) is 4.74 Å². The SMILES string of the molecule is Cc1[nH]c(=O)ccc1C(=O)N1CCCCC1c1nnc([C@H]2CCCO2)o1. The number of H-pyrrole nitrogens is 1. The van der Waals surface area contributed by atoms with E-state index in [1.165, 1.54) is 6.07 Å². The standard InChI is InChI=1S/C18H22N4O4/c1-11-12(7-8-15(23)19-11)18(24)22-9-3-2-5-13(22)16-20-21-17(26-16)14-6-4-10-25-14/h7-8,13-14H,2-6,9-10H2,1H3,(H,19,23)/t13?,14-/m1/s1. The van der Waals surface area contributed by atoms with Gasteiger partial charge in [0.1, 0.15) is 12.1 Å². The van der Waals surface area contributed by atoms with Crippen LogP contribution in [0.5, 0.6) is 0 Å². The fourth-order valence-electron chi connectivity index (χ4n) is 3.68.